The van der Waals surface area contributed by atoms with Crippen LogP contribution in [-0.4, -0.2) is 31.1 Å². The number of unbranched alkanes of at least 4 members (excludes halogenated alkanes) is 1. The Labute approximate surface area is 169 Å². The van der Waals surface area contributed by atoms with E-state index in [1.165, 1.54) is 22.9 Å². The first kappa shape index (κ1) is 20.5. The monoisotopic (exact) mass is 379 g/mol. The van der Waals surface area contributed by atoms with Crippen LogP contribution >= 0.6 is 0 Å². The summed E-state index contributed by atoms with van der Waals surface area (Å²) in [5, 5.41) is 1.24. The Balaban J connectivity index is 1.68. The lowest BCUT2D eigenvalue weighted by atomic mass is 10.00. The van der Waals surface area contributed by atoms with Gasteiger partial charge < -0.3 is 14.1 Å². The van der Waals surface area contributed by atoms with Crippen molar-refractivity contribution in [3.05, 3.63) is 65.4 Å². The van der Waals surface area contributed by atoms with Crippen molar-refractivity contribution in [2.75, 3.05) is 26.2 Å². The number of likely N-dealkylation sites (N-methyl/N-ethyl adjacent to an activating group) is 1. The number of fused-ring (bicyclic) bond motifs is 1. The van der Waals surface area contributed by atoms with Crippen LogP contribution in [0.5, 0.6) is 5.75 Å². The molecule has 150 valence electrons. The third-order valence-corrected chi connectivity index (χ3v) is 5.41. The fourth-order valence-corrected chi connectivity index (χ4v) is 3.62. The number of furan rings is 1. The summed E-state index contributed by atoms with van der Waals surface area (Å²) in [6.45, 7) is 10.4. The van der Waals surface area contributed by atoms with Gasteiger partial charge in [-0.1, -0.05) is 57.5 Å². The smallest absolute Gasteiger partial charge is 0.134 e. The quantitative estimate of drug-likeness (QED) is 0.403. The Morgan fingerprint density at radius 3 is 2.39 bits per heavy atom. The molecule has 0 radical (unpaired) electrons. The number of benzene rings is 2. The summed E-state index contributed by atoms with van der Waals surface area (Å²) >= 11 is 0. The molecule has 1 aromatic heterocycles. The molecule has 0 aliphatic rings. The van der Waals surface area contributed by atoms with Gasteiger partial charge in [0.2, 0.25) is 0 Å². The highest BCUT2D eigenvalue weighted by molar-refractivity contribution is 5.82. The molecular formula is C25H33NO2. The second kappa shape index (κ2) is 10.3. The molecule has 0 fully saturated rings. The Morgan fingerprint density at radius 2 is 1.68 bits per heavy atom. The molecule has 3 aromatic rings. The number of hydrogen-bond donors (Lipinski definition) is 0. The molecule has 0 N–H and O–H groups in total. The molecule has 0 aliphatic heterocycles. The largest absolute Gasteiger partial charge is 0.492 e. The van der Waals surface area contributed by atoms with Crippen molar-refractivity contribution in [1.29, 1.82) is 0 Å². The predicted octanol–water partition coefficient (Wildman–Crippen LogP) is 6.09. The molecule has 0 saturated carbocycles. The summed E-state index contributed by atoms with van der Waals surface area (Å²) in [6.07, 6.45) is 4.24. The molecule has 3 heteroatoms. The maximum Gasteiger partial charge on any atom is 0.134 e. The zero-order valence-corrected chi connectivity index (χ0v) is 17.5. The Morgan fingerprint density at radius 1 is 0.929 bits per heavy atom. The summed E-state index contributed by atoms with van der Waals surface area (Å²) in [7, 11) is 0. The summed E-state index contributed by atoms with van der Waals surface area (Å²) in [5.41, 5.74) is 3.62. The van der Waals surface area contributed by atoms with Crippen molar-refractivity contribution in [1.82, 2.24) is 4.90 Å². The van der Waals surface area contributed by atoms with E-state index in [1.54, 1.807) is 0 Å². The van der Waals surface area contributed by atoms with Gasteiger partial charge in [-0.3, -0.25) is 0 Å². The summed E-state index contributed by atoms with van der Waals surface area (Å²) in [5.74, 6) is 2.08. The highest BCUT2D eigenvalue weighted by Gasteiger charge is 2.14. The molecular weight excluding hydrogens is 346 g/mol. The van der Waals surface area contributed by atoms with E-state index in [0.717, 1.165) is 62.6 Å². The molecule has 28 heavy (non-hydrogen) atoms. The van der Waals surface area contributed by atoms with Gasteiger partial charge in [0.1, 0.15) is 23.7 Å². The molecule has 1 heterocycles. The van der Waals surface area contributed by atoms with Gasteiger partial charge >= 0.3 is 0 Å². The van der Waals surface area contributed by atoms with Crippen LogP contribution in [0.25, 0.3) is 11.0 Å². The molecule has 0 amide bonds. The molecule has 0 aliphatic carbocycles. The molecule has 0 unspecified atom stereocenters. The highest BCUT2D eigenvalue weighted by Crippen LogP contribution is 2.29. The minimum absolute atomic E-state index is 0.731. The van der Waals surface area contributed by atoms with Gasteiger partial charge in [-0.2, -0.15) is 0 Å². The molecule has 3 rings (SSSR count). The number of ether oxygens (including phenoxy) is 1. The van der Waals surface area contributed by atoms with Gasteiger partial charge in [0, 0.05) is 30.3 Å². The van der Waals surface area contributed by atoms with Gasteiger partial charge in [0.25, 0.3) is 0 Å². The summed E-state index contributed by atoms with van der Waals surface area (Å²) < 4.78 is 12.1. The summed E-state index contributed by atoms with van der Waals surface area (Å²) in [4.78, 5) is 2.37. The second-order valence-electron chi connectivity index (χ2n) is 7.30. The van der Waals surface area contributed by atoms with E-state index in [-0.39, 0.29) is 0 Å². The average molecular weight is 380 g/mol. The first-order valence-electron chi connectivity index (χ1n) is 10.7. The van der Waals surface area contributed by atoms with Crippen molar-refractivity contribution < 1.29 is 9.15 Å². The SMILES string of the molecule is CCCCc1oc2ccccc2c1Cc1ccc(OCCN(CC)CC)cc1. The zero-order chi connectivity index (χ0) is 19.8. The van der Waals surface area contributed by atoms with E-state index >= 15 is 0 Å². The van der Waals surface area contributed by atoms with Crippen molar-refractivity contribution >= 4 is 11.0 Å². The van der Waals surface area contributed by atoms with E-state index in [0.29, 0.717) is 0 Å². The average Bonchev–Trinajstić information content (AvgIpc) is 3.08. The molecule has 2 aromatic carbocycles. The van der Waals surface area contributed by atoms with E-state index in [1.807, 2.05) is 6.07 Å². The number of hydrogen-bond acceptors (Lipinski definition) is 3. The highest BCUT2D eigenvalue weighted by atomic mass is 16.5. The number of para-hydroxylation sites is 1. The second-order valence-corrected chi connectivity index (χ2v) is 7.30. The maximum atomic E-state index is 6.16. The van der Waals surface area contributed by atoms with Crippen molar-refractivity contribution in [2.24, 2.45) is 0 Å². The standard InChI is InChI=1S/C25H33NO2/c1-4-7-11-25-23(22-10-8-9-12-24(22)28-25)19-20-13-15-21(16-14-20)27-18-17-26(5-2)6-3/h8-10,12-16H,4-7,11,17-19H2,1-3H3. The van der Waals surface area contributed by atoms with Gasteiger partial charge in [-0.05, 0) is 43.3 Å². The van der Waals surface area contributed by atoms with Crippen LogP contribution in [0.2, 0.25) is 0 Å². The number of nitrogens with zero attached hydrogens (tertiary/aromatic N) is 1. The lowest BCUT2D eigenvalue weighted by Gasteiger charge is -2.18. The lowest BCUT2D eigenvalue weighted by molar-refractivity contribution is 0.223. The molecule has 0 atom stereocenters. The Bertz CT molecular complexity index is 847. The van der Waals surface area contributed by atoms with Crippen LogP contribution < -0.4 is 4.74 Å². The third-order valence-electron chi connectivity index (χ3n) is 5.41. The minimum Gasteiger partial charge on any atom is -0.492 e. The van der Waals surface area contributed by atoms with Crippen LogP contribution in [0.4, 0.5) is 0 Å². The van der Waals surface area contributed by atoms with Crippen molar-refractivity contribution in [3.8, 4) is 5.75 Å². The van der Waals surface area contributed by atoms with Crippen molar-refractivity contribution in [2.45, 2.75) is 46.5 Å². The minimum atomic E-state index is 0.731. The van der Waals surface area contributed by atoms with Crippen LogP contribution in [0.1, 0.15) is 50.5 Å². The topological polar surface area (TPSA) is 25.6 Å². The normalized spacial score (nSPS) is 11.4. The van der Waals surface area contributed by atoms with E-state index < -0.39 is 0 Å². The van der Waals surface area contributed by atoms with Crippen LogP contribution in [0.3, 0.4) is 0 Å². The number of rotatable bonds is 11. The molecule has 0 saturated heterocycles. The maximum absolute atomic E-state index is 6.16. The van der Waals surface area contributed by atoms with E-state index in [9.17, 15) is 0 Å². The van der Waals surface area contributed by atoms with Crippen LogP contribution in [0, 0.1) is 0 Å². The molecule has 3 nitrogen and oxygen atoms in total. The van der Waals surface area contributed by atoms with Gasteiger partial charge in [-0.15, -0.1) is 0 Å². The van der Waals surface area contributed by atoms with Crippen LogP contribution in [0.15, 0.2) is 52.9 Å². The zero-order valence-electron chi connectivity index (χ0n) is 17.5. The van der Waals surface area contributed by atoms with Crippen LogP contribution in [-0.2, 0) is 12.8 Å². The molecule has 0 spiro atoms. The molecule has 0 bridgehead atoms. The first-order valence-corrected chi connectivity index (χ1v) is 10.7. The van der Waals surface area contributed by atoms with E-state index in [2.05, 4.69) is 68.1 Å². The summed E-state index contributed by atoms with van der Waals surface area (Å²) in [6, 6.07) is 16.9. The number of aryl methyl sites for hydroxylation is 1. The van der Waals surface area contributed by atoms with Crippen molar-refractivity contribution in [3.63, 3.8) is 0 Å². The van der Waals surface area contributed by atoms with Gasteiger partial charge in [0.05, 0.1) is 0 Å². The fraction of sp³-hybridized carbons (Fsp3) is 0.440. The Kier molecular flexibility index (Phi) is 7.55. The van der Waals surface area contributed by atoms with Gasteiger partial charge in [-0.25, -0.2) is 0 Å². The Hall–Kier alpha value is -2.26. The fourth-order valence-electron chi connectivity index (χ4n) is 3.62. The first-order chi connectivity index (χ1) is 13.7. The van der Waals surface area contributed by atoms with E-state index in [4.69, 9.17) is 9.15 Å². The predicted molar refractivity (Wildman–Crippen MR) is 117 cm³/mol. The lowest BCUT2D eigenvalue weighted by Crippen LogP contribution is -2.27. The third kappa shape index (κ3) is 5.17. The van der Waals surface area contributed by atoms with Gasteiger partial charge in [0.15, 0.2) is 0 Å².